The second-order valence-corrected chi connectivity index (χ2v) is 3.06. The molecule has 0 spiro atoms. The minimum absolute atomic E-state index is 0.624. The lowest BCUT2D eigenvalue weighted by Gasteiger charge is -2.21. The first kappa shape index (κ1) is 9.30. The molecule has 0 atom stereocenters. The highest BCUT2D eigenvalue weighted by atomic mass is 17.0. The molecule has 0 aliphatic carbocycles. The van der Waals surface area contributed by atoms with Crippen molar-refractivity contribution in [3.05, 3.63) is 23.8 Å². The fraction of sp³-hybridized carbons (Fsp3) is 0.400. The zero-order chi connectivity index (χ0) is 10.2. The Labute approximate surface area is 82.3 Å². The third kappa shape index (κ3) is 1.32. The highest BCUT2D eigenvalue weighted by molar-refractivity contribution is 5.44. The van der Waals surface area contributed by atoms with Crippen LogP contribution < -0.4 is 9.47 Å². The fourth-order valence-electron chi connectivity index (χ4n) is 1.32. The summed E-state index contributed by atoms with van der Waals surface area (Å²) in [5, 5.41) is 0. The molecule has 0 unspecified atom stereocenters. The summed E-state index contributed by atoms with van der Waals surface area (Å²) in [6, 6.07) is 5.63. The monoisotopic (exact) mass is 196 g/mol. The minimum Gasteiger partial charge on any atom is -0.403 e. The lowest BCUT2D eigenvalue weighted by Crippen LogP contribution is -2.42. The van der Waals surface area contributed by atoms with E-state index in [9.17, 15) is 0 Å². The minimum atomic E-state index is -1.42. The molecule has 1 aromatic carbocycles. The van der Waals surface area contributed by atoms with Gasteiger partial charge in [0.25, 0.3) is 0 Å². The van der Waals surface area contributed by atoms with Gasteiger partial charge in [0.15, 0.2) is 11.5 Å². The Hall–Kier alpha value is -1.26. The van der Waals surface area contributed by atoms with Crippen molar-refractivity contribution in [2.75, 3.05) is 14.2 Å². The van der Waals surface area contributed by atoms with Crippen LogP contribution in [0.4, 0.5) is 0 Å². The van der Waals surface area contributed by atoms with Crippen LogP contribution in [0.2, 0.25) is 0 Å². The maximum absolute atomic E-state index is 5.41. The average Bonchev–Trinajstić information content (AvgIpc) is 2.56. The highest BCUT2D eigenvalue weighted by Gasteiger charge is 2.43. The Morgan fingerprint density at radius 3 is 2.36 bits per heavy atom. The Morgan fingerprint density at radius 2 is 1.71 bits per heavy atom. The number of methoxy groups -OCH3 is 2. The molecular weight excluding hydrogens is 184 g/mol. The maximum atomic E-state index is 5.41. The first-order chi connectivity index (χ1) is 6.69. The molecule has 0 bridgehead atoms. The van der Waals surface area contributed by atoms with Gasteiger partial charge in [-0.2, -0.15) is 0 Å². The second kappa shape index (κ2) is 3.15. The number of fused-ring (bicyclic) bond motifs is 1. The normalized spacial score (nSPS) is 17.1. The summed E-state index contributed by atoms with van der Waals surface area (Å²) < 4.78 is 20.8. The zero-order valence-corrected chi connectivity index (χ0v) is 8.37. The molecule has 0 saturated carbocycles. The van der Waals surface area contributed by atoms with Crippen molar-refractivity contribution < 1.29 is 18.9 Å². The first-order valence-electron chi connectivity index (χ1n) is 4.28. The van der Waals surface area contributed by atoms with Crippen LogP contribution in [0.15, 0.2) is 18.2 Å². The molecule has 4 heteroatoms. The summed E-state index contributed by atoms with van der Waals surface area (Å²) in [6.07, 6.45) is -1.42. The van der Waals surface area contributed by atoms with Crippen molar-refractivity contribution in [1.82, 2.24) is 0 Å². The van der Waals surface area contributed by atoms with E-state index in [1.807, 2.05) is 25.1 Å². The van der Waals surface area contributed by atoms with E-state index in [0.29, 0.717) is 11.5 Å². The van der Waals surface area contributed by atoms with Crippen LogP contribution in [0.5, 0.6) is 11.5 Å². The van der Waals surface area contributed by atoms with Gasteiger partial charge in [-0.05, 0) is 24.6 Å². The van der Waals surface area contributed by atoms with Crippen LogP contribution in [-0.2, 0) is 9.47 Å². The molecule has 76 valence electrons. The van der Waals surface area contributed by atoms with Gasteiger partial charge in [0.1, 0.15) is 0 Å². The van der Waals surface area contributed by atoms with E-state index in [4.69, 9.17) is 18.9 Å². The lowest BCUT2D eigenvalue weighted by molar-refractivity contribution is -0.408. The van der Waals surface area contributed by atoms with Crippen molar-refractivity contribution in [3.8, 4) is 11.5 Å². The van der Waals surface area contributed by atoms with Crippen molar-refractivity contribution in [2.45, 2.75) is 13.1 Å². The Kier molecular flexibility index (Phi) is 2.09. The number of hydrogen-bond acceptors (Lipinski definition) is 4. The SMILES string of the molecule is COC1(OC)Oc2ccc(C)cc2O1. The summed E-state index contributed by atoms with van der Waals surface area (Å²) >= 11 is 0. The highest BCUT2D eigenvalue weighted by Crippen LogP contribution is 2.40. The molecule has 0 N–H and O–H groups in total. The summed E-state index contributed by atoms with van der Waals surface area (Å²) in [6.45, 7) is 1.98. The number of rotatable bonds is 2. The number of hydrogen-bond donors (Lipinski definition) is 0. The van der Waals surface area contributed by atoms with Gasteiger partial charge in [-0.1, -0.05) is 6.07 Å². The van der Waals surface area contributed by atoms with E-state index >= 15 is 0 Å². The Bertz CT molecular complexity index is 344. The number of benzene rings is 1. The number of aryl methyl sites for hydroxylation is 1. The molecule has 1 aromatic rings. The molecule has 4 nitrogen and oxygen atoms in total. The van der Waals surface area contributed by atoms with Crippen LogP contribution in [0.1, 0.15) is 5.56 Å². The quantitative estimate of drug-likeness (QED) is 0.674. The third-order valence-electron chi connectivity index (χ3n) is 2.07. The van der Waals surface area contributed by atoms with E-state index in [-0.39, 0.29) is 0 Å². The van der Waals surface area contributed by atoms with Crippen LogP contribution in [-0.4, -0.2) is 20.4 Å². The molecule has 0 aromatic heterocycles. The molecule has 0 fully saturated rings. The van der Waals surface area contributed by atoms with Crippen molar-refractivity contribution in [1.29, 1.82) is 0 Å². The summed E-state index contributed by atoms with van der Waals surface area (Å²) in [4.78, 5) is 0. The molecule has 0 saturated heterocycles. The van der Waals surface area contributed by atoms with Gasteiger partial charge in [0.2, 0.25) is 0 Å². The summed E-state index contributed by atoms with van der Waals surface area (Å²) in [7, 11) is 2.92. The van der Waals surface area contributed by atoms with Gasteiger partial charge in [-0.3, -0.25) is 9.47 Å². The molecule has 0 radical (unpaired) electrons. The van der Waals surface area contributed by atoms with E-state index in [2.05, 4.69) is 0 Å². The Balaban J connectivity index is 2.33. The predicted molar refractivity (Wildman–Crippen MR) is 49.2 cm³/mol. The van der Waals surface area contributed by atoms with Gasteiger partial charge >= 0.3 is 6.16 Å². The second-order valence-electron chi connectivity index (χ2n) is 3.06. The first-order valence-corrected chi connectivity index (χ1v) is 4.28. The molecule has 1 aliphatic heterocycles. The largest absolute Gasteiger partial charge is 0.509 e. The van der Waals surface area contributed by atoms with Gasteiger partial charge in [0.05, 0.1) is 0 Å². The van der Waals surface area contributed by atoms with Gasteiger partial charge in [-0.15, -0.1) is 0 Å². The predicted octanol–water partition coefficient (Wildman–Crippen LogP) is 1.67. The van der Waals surface area contributed by atoms with Gasteiger partial charge in [0, 0.05) is 14.2 Å². The van der Waals surface area contributed by atoms with E-state index in [1.165, 1.54) is 14.2 Å². The fourth-order valence-corrected chi connectivity index (χ4v) is 1.32. The van der Waals surface area contributed by atoms with Crippen molar-refractivity contribution >= 4 is 0 Å². The van der Waals surface area contributed by atoms with E-state index in [0.717, 1.165) is 5.56 Å². The van der Waals surface area contributed by atoms with Crippen LogP contribution in [0.25, 0.3) is 0 Å². The molecule has 0 amide bonds. The zero-order valence-electron chi connectivity index (χ0n) is 8.37. The van der Waals surface area contributed by atoms with Crippen LogP contribution in [0.3, 0.4) is 0 Å². The topological polar surface area (TPSA) is 36.9 Å². The lowest BCUT2D eigenvalue weighted by atomic mass is 10.2. The smallest absolute Gasteiger partial charge is 0.403 e. The van der Waals surface area contributed by atoms with Crippen molar-refractivity contribution in [2.24, 2.45) is 0 Å². The van der Waals surface area contributed by atoms with Gasteiger partial charge in [-0.25, -0.2) is 0 Å². The van der Waals surface area contributed by atoms with E-state index in [1.54, 1.807) is 0 Å². The Morgan fingerprint density at radius 1 is 1.07 bits per heavy atom. The van der Waals surface area contributed by atoms with Crippen LogP contribution >= 0.6 is 0 Å². The van der Waals surface area contributed by atoms with Crippen molar-refractivity contribution in [3.63, 3.8) is 0 Å². The van der Waals surface area contributed by atoms with E-state index < -0.39 is 6.16 Å². The molecule has 2 rings (SSSR count). The third-order valence-corrected chi connectivity index (χ3v) is 2.07. The maximum Gasteiger partial charge on any atom is 0.509 e. The standard InChI is InChI=1S/C10H12O4/c1-7-4-5-8-9(6-7)14-10(11-2,12-3)13-8/h4-6H,1-3H3. The van der Waals surface area contributed by atoms with Gasteiger partial charge < -0.3 is 9.47 Å². The molecule has 14 heavy (non-hydrogen) atoms. The average molecular weight is 196 g/mol. The molecule has 1 heterocycles. The van der Waals surface area contributed by atoms with Crippen LogP contribution in [0, 0.1) is 6.92 Å². The summed E-state index contributed by atoms with van der Waals surface area (Å²) in [5.41, 5.74) is 1.09. The molecular formula is C10H12O4. The summed E-state index contributed by atoms with van der Waals surface area (Å²) in [5.74, 6) is 1.26. The number of ether oxygens (including phenoxy) is 4. The molecule has 1 aliphatic rings.